The summed E-state index contributed by atoms with van der Waals surface area (Å²) < 4.78 is 0. The van der Waals surface area contributed by atoms with Crippen LogP contribution in [-0.4, -0.2) is 29.7 Å². The van der Waals surface area contributed by atoms with Crippen molar-refractivity contribution in [1.29, 1.82) is 0 Å². The van der Waals surface area contributed by atoms with E-state index in [0.717, 1.165) is 13.0 Å². The van der Waals surface area contributed by atoms with Crippen LogP contribution < -0.4 is 17.2 Å². The molecule has 122 valence electrons. The Hall–Kier alpha value is -1.30. The van der Waals surface area contributed by atoms with Gasteiger partial charge in [-0.1, -0.05) is 64.7 Å². The van der Waals surface area contributed by atoms with Gasteiger partial charge in [0, 0.05) is 6.54 Å². The van der Waals surface area contributed by atoms with E-state index in [2.05, 4.69) is 16.9 Å². The van der Waals surface area contributed by atoms with Crippen LogP contribution in [0.4, 0.5) is 0 Å². The first-order valence-corrected chi connectivity index (χ1v) is 8.34. The molecule has 0 spiro atoms. The Labute approximate surface area is 128 Å². The number of nitrogens with zero attached hydrogens (tertiary/aromatic N) is 3. The Morgan fingerprint density at radius 3 is 1.95 bits per heavy atom. The lowest BCUT2D eigenvalue weighted by molar-refractivity contribution is 0.308. The number of aliphatic imine (C=N–C) groups is 2. The molecule has 0 aromatic rings. The summed E-state index contributed by atoms with van der Waals surface area (Å²) in [6.07, 6.45) is 12.6. The van der Waals surface area contributed by atoms with Gasteiger partial charge in [0.15, 0.2) is 6.29 Å². The van der Waals surface area contributed by atoms with Crippen LogP contribution in [0.1, 0.15) is 71.1 Å². The number of hydrogen-bond acceptors (Lipinski definition) is 6. The highest BCUT2D eigenvalue weighted by atomic mass is 15.4. The molecule has 1 aliphatic rings. The molecule has 0 amide bonds. The molecule has 0 aliphatic carbocycles. The van der Waals surface area contributed by atoms with Gasteiger partial charge in [0.1, 0.15) is 0 Å². The van der Waals surface area contributed by atoms with Gasteiger partial charge in [-0.3, -0.25) is 5.73 Å². The van der Waals surface area contributed by atoms with E-state index < -0.39 is 6.29 Å². The minimum atomic E-state index is -0.485. The summed E-state index contributed by atoms with van der Waals surface area (Å²) in [5.74, 6) is 0.547. The van der Waals surface area contributed by atoms with Gasteiger partial charge >= 0.3 is 0 Å². The van der Waals surface area contributed by atoms with Crippen LogP contribution in [0.25, 0.3) is 0 Å². The second kappa shape index (κ2) is 10.4. The van der Waals surface area contributed by atoms with Gasteiger partial charge < -0.3 is 16.4 Å². The molecule has 1 unspecified atom stereocenters. The number of nitrogens with two attached hydrogens (primary N) is 3. The van der Waals surface area contributed by atoms with E-state index in [1.54, 1.807) is 4.90 Å². The summed E-state index contributed by atoms with van der Waals surface area (Å²) >= 11 is 0. The Balaban J connectivity index is 1.99. The minimum Gasteiger partial charge on any atom is -0.369 e. The molecule has 0 aromatic heterocycles. The van der Waals surface area contributed by atoms with Crippen LogP contribution >= 0.6 is 0 Å². The SMILES string of the molecule is CCCCCCCCCCCCN1C(N)=NC(N)=NC1N. The highest BCUT2D eigenvalue weighted by Gasteiger charge is 2.19. The first-order chi connectivity index (χ1) is 10.1. The monoisotopic (exact) mass is 296 g/mol. The number of unbranched alkanes of at least 4 members (excludes halogenated alkanes) is 9. The molecule has 1 aliphatic heterocycles. The average Bonchev–Trinajstić information content (AvgIpc) is 2.43. The summed E-state index contributed by atoms with van der Waals surface area (Å²) in [5.41, 5.74) is 17.2. The normalized spacial score (nSPS) is 18.6. The van der Waals surface area contributed by atoms with E-state index in [0.29, 0.717) is 5.96 Å². The van der Waals surface area contributed by atoms with Gasteiger partial charge in [-0.15, -0.1) is 0 Å². The fraction of sp³-hybridized carbons (Fsp3) is 0.867. The number of hydrogen-bond donors (Lipinski definition) is 3. The molecule has 0 saturated carbocycles. The van der Waals surface area contributed by atoms with Gasteiger partial charge in [-0.2, -0.15) is 4.99 Å². The van der Waals surface area contributed by atoms with Crippen LogP contribution in [-0.2, 0) is 0 Å². The summed E-state index contributed by atoms with van der Waals surface area (Å²) in [5, 5.41) is 0. The van der Waals surface area contributed by atoms with Crippen LogP contribution in [0, 0.1) is 0 Å². The van der Waals surface area contributed by atoms with Crippen molar-refractivity contribution in [3.63, 3.8) is 0 Å². The lowest BCUT2D eigenvalue weighted by atomic mass is 10.1. The zero-order valence-corrected chi connectivity index (χ0v) is 13.4. The molecular formula is C15H32N6. The predicted molar refractivity (Wildman–Crippen MR) is 89.8 cm³/mol. The van der Waals surface area contributed by atoms with Crippen molar-refractivity contribution in [3.05, 3.63) is 0 Å². The molecule has 6 heteroatoms. The molecule has 6 N–H and O–H groups in total. The summed E-state index contributed by atoms with van der Waals surface area (Å²) in [6.45, 7) is 3.05. The molecule has 1 rings (SSSR count). The van der Waals surface area contributed by atoms with Gasteiger partial charge in [0.2, 0.25) is 11.9 Å². The van der Waals surface area contributed by atoms with E-state index in [-0.39, 0.29) is 5.96 Å². The average molecular weight is 296 g/mol. The lowest BCUT2D eigenvalue weighted by Crippen LogP contribution is -2.52. The van der Waals surface area contributed by atoms with E-state index in [4.69, 9.17) is 17.2 Å². The van der Waals surface area contributed by atoms with Gasteiger partial charge in [0.25, 0.3) is 0 Å². The largest absolute Gasteiger partial charge is 0.369 e. The maximum absolute atomic E-state index is 5.88. The first-order valence-electron chi connectivity index (χ1n) is 8.34. The zero-order valence-electron chi connectivity index (χ0n) is 13.4. The Morgan fingerprint density at radius 2 is 1.43 bits per heavy atom. The Bertz CT molecular complexity index is 339. The second-order valence-electron chi connectivity index (χ2n) is 5.75. The van der Waals surface area contributed by atoms with E-state index in [1.165, 1.54) is 57.8 Å². The maximum Gasteiger partial charge on any atom is 0.221 e. The van der Waals surface area contributed by atoms with Crippen LogP contribution in [0.5, 0.6) is 0 Å². The Morgan fingerprint density at radius 1 is 0.905 bits per heavy atom. The molecular weight excluding hydrogens is 264 g/mol. The van der Waals surface area contributed by atoms with E-state index in [9.17, 15) is 0 Å². The predicted octanol–water partition coefficient (Wildman–Crippen LogP) is 2.09. The van der Waals surface area contributed by atoms with Crippen LogP contribution in [0.2, 0.25) is 0 Å². The summed E-state index contributed by atoms with van der Waals surface area (Å²) in [4.78, 5) is 9.76. The topological polar surface area (TPSA) is 106 Å². The van der Waals surface area contributed by atoms with Crippen molar-refractivity contribution in [2.75, 3.05) is 6.54 Å². The molecule has 21 heavy (non-hydrogen) atoms. The third-order valence-corrected chi connectivity index (χ3v) is 3.86. The molecule has 0 radical (unpaired) electrons. The standard InChI is InChI=1S/C15H32N6/c1-2-3-4-5-6-7-8-9-10-11-12-21-14(17)19-13(16)20-15(21)18/h14H,2-12,17H2,1H3,(H4,16,18,19,20). The van der Waals surface area contributed by atoms with Crippen molar-refractivity contribution in [3.8, 4) is 0 Å². The summed E-state index contributed by atoms with van der Waals surface area (Å²) in [7, 11) is 0. The van der Waals surface area contributed by atoms with Crippen molar-refractivity contribution >= 4 is 11.9 Å². The molecule has 0 bridgehead atoms. The molecule has 6 nitrogen and oxygen atoms in total. The third kappa shape index (κ3) is 7.32. The summed E-state index contributed by atoms with van der Waals surface area (Å²) in [6, 6.07) is 0. The quantitative estimate of drug-likeness (QED) is 0.507. The zero-order chi connectivity index (χ0) is 15.5. The smallest absolute Gasteiger partial charge is 0.221 e. The van der Waals surface area contributed by atoms with Crippen molar-refractivity contribution in [2.24, 2.45) is 27.2 Å². The second-order valence-corrected chi connectivity index (χ2v) is 5.75. The number of guanidine groups is 2. The fourth-order valence-electron chi connectivity index (χ4n) is 2.57. The fourth-order valence-corrected chi connectivity index (χ4v) is 2.57. The lowest BCUT2D eigenvalue weighted by Gasteiger charge is -2.29. The minimum absolute atomic E-state index is 0.166. The molecule has 1 heterocycles. The van der Waals surface area contributed by atoms with Gasteiger partial charge in [-0.05, 0) is 6.42 Å². The van der Waals surface area contributed by atoms with E-state index in [1.807, 2.05) is 0 Å². The van der Waals surface area contributed by atoms with Crippen LogP contribution in [0.15, 0.2) is 9.98 Å². The van der Waals surface area contributed by atoms with Crippen LogP contribution in [0.3, 0.4) is 0 Å². The third-order valence-electron chi connectivity index (χ3n) is 3.86. The van der Waals surface area contributed by atoms with E-state index >= 15 is 0 Å². The van der Waals surface area contributed by atoms with Gasteiger partial charge in [0.05, 0.1) is 0 Å². The van der Waals surface area contributed by atoms with Crippen molar-refractivity contribution in [2.45, 2.75) is 77.4 Å². The molecule has 0 saturated heterocycles. The van der Waals surface area contributed by atoms with Gasteiger partial charge in [-0.25, -0.2) is 4.99 Å². The first kappa shape index (κ1) is 17.8. The van der Waals surface area contributed by atoms with Crippen molar-refractivity contribution in [1.82, 2.24) is 4.90 Å². The number of rotatable bonds is 11. The highest BCUT2D eigenvalue weighted by molar-refractivity contribution is 5.95. The molecule has 0 aromatic carbocycles. The van der Waals surface area contributed by atoms with Crippen molar-refractivity contribution < 1.29 is 0 Å². The maximum atomic E-state index is 5.88. The molecule has 0 fully saturated rings. The highest BCUT2D eigenvalue weighted by Crippen LogP contribution is 2.11. The molecule has 1 atom stereocenters. The Kier molecular flexibility index (Phi) is 8.82.